The van der Waals surface area contributed by atoms with Crippen LogP contribution in [-0.4, -0.2) is 11.1 Å². The topological polar surface area (TPSA) is 37.3 Å². The summed E-state index contributed by atoms with van der Waals surface area (Å²) in [5, 5.41) is 8.84. The minimum Gasteiger partial charge on any atom is -0.481 e. The zero-order valence-electron chi connectivity index (χ0n) is 8.58. The van der Waals surface area contributed by atoms with Crippen LogP contribution < -0.4 is 0 Å². The van der Waals surface area contributed by atoms with Crippen molar-refractivity contribution >= 4 is 5.97 Å². The number of rotatable bonds is 3. The standard InChI is InChI=1S/C11H11F3O2/c1-2-9(10(15)16)7-4-3-5-8(6-7)11(12,13)14/h3-6,9H,2H2,1H3,(H,15,16)/t9-/m0/s1. The van der Waals surface area contributed by atoms with Gasteiger partial charge in [-0.25, -0.2) is 0 Å². The molecule has 0 spiro atoms. The number of carboxylic acid groups (broad SMARTS) is 1. The first-order valence-corrected chi connectivity index (χ1v) is 4.76. The van der Waals surface area contributed by atoms with Gasteiger partial charge in [-0.05, 0) is 18.1 Å². The van der Waals surface area contributed by atoms with Crippen LogP contribution in [-0.2, 0) is 11.0 Å². The van der Waals surface area contributed by atoms with Crippen molar-refractivity contribution in [1.82, 2.24) is 0 Å². The molecule has 2 nitrogen and oxygen atoms in total. The van der Waals surface area contributed by atoms with Gasteiger partial charge in [0.1, 0.15) is 0 Å². The second-order valence-corrected chi connectivity index (χ2v) is 3.42. The lowest BCUT2D eigenvalue weighted by molar-refractivity contribution is -0.140. The predicted octanol–water partition coefficient (Wildman–Crippen LogP) is 3.28. The molecule has 1 aromatic carbocycles. The van der Waals surface area contributed by atoms with E-state index in [4.69, 9.17) is 5.11 Å². The van der Waals surface area contributed by atoms with Crippen LogP contribution in [0.4, 0.5) is 13.2 Å². The minimum absolute atomic E-state index is 0.185. The van der Waals surface area contributed by atoms with E-state index in [-0.39, 0.29) is 12.0 Å². The third-order valence-corrected chi connectivity index (χ3v) is 2.32. The maximum absolute atomic E-state index is 12.4. The Labute approximate surface area is 90.7 Å². The molecule has 5 heteroatoms. The Morgan fingerprint density at radius 3 is 2.50 bits per heavy atom. The lowest BCUT2D eigenvalue weighted by atomic mass is 9.95. The van der Waals surface area contributed by atoms with E-state index in [0.717, 1.165) is 12.1 Å². The molecule has 1 atom stereocenters. The maximum atomic E-state index is 12.4. The lowest BCUT2D eigenvalue weighted by Gasteiger charge is -2.13. The van der Waals surface area contributed by atoms with Crippen LogP contribution in [0.2, 0.25) is 0 Å². The molecule has 0 saturated carbocycles. The fourth-order valence-electron chi connectivity index (χ4n) is 1.48. The molecule has 0 fully saturated rings. The van der Waals surface area contributed by atoms with Crippen molar-refractivity contribution in [1.29, 1.82) is 0 Å². The van der Waals surface area contributed by atoms with Crippen molar-refractivity contribution in [3.05, 3.63) is 35.4 Å². The number of carbonyl (C=O) groups is 1. The maximum Gasteiger partial charge on any atom is 0.416 e. The average molecular weight is 232 g/mol. The summed E-state index contributed by atoms with van der Waals surface area (Å²) in [6.45, 7) is 1.62. The zero-order chi connectivity index (χ0) is 12.3. The van der Waals surface area contributed by atoms with E-state index < -0.39 is 23.6 Å². The SMILES string of the molecule is CC[C@H](C(=O)O)c1cccc(C(F)(F)F)c1. The van der Waals surface area contributed by atoms with Gasteiger partial charge in [-0.3, -0.25) is 4.79 Å². The number of hydrogen-bond donors (Lipinski definition) is 1. The molecular formula is C11H11F3O2. The van der Waals surface area contributed by atoms with Gasteiger partial charge in [0.2, 0.25) is 0 Å². The first-order chi connectivity index (χ1) is 7.36. The van der Waals surface area contributed by atoms with Crippen molar-refractivity contribution < 1.29 is 23.1 Å². The van der Waals surface area contributed by atoms with E-state index in [0.29, 0.717) is 0 Å². The van der Waals surface area contributed by atoms with Crippen LogP contribution in [0.25, 0.3) is 0 Å². The first kappa shape index (κ1) is 12.5. The van der Waals surface area contributed by atoms with Gasteiger partial charge in [0.15, 0.2) is 0 Å². The molecule has 0 radical (unpaired) electrons. The van der Waals surface area contributed by atoms with Crippen molar-refractivity contribution in [2.75, 3.05) is 0 Å². The molecular weight excluding hydrogens is 221 g/mol. The molecule has 1 N–H and O–H groups in total. The molecule has 0 aliphatic heterocycles. The van der Waals surface area contributed by atoms with E-state index in [1.165, 1.54) is 12.1 Å². The van der Waals surface area contributed by atoms with Gasteiger partial charge in [-0.15, -0.1) is 0 Å². The van der Waals surface area contributed by atoms with Gasteiger partial charge in [0.05, 0.1) is 11.5 Å². The van der Waals surface area contributed by atoms with Crippen molar-refractivity contribution in [3.63, 3.8) is 0 Å². The smallest absolute Gasteiger partial charge is 0.416 e. The Kier molecular flexibility index (Phi) is 3.57. The van der Waals surface area contributed by atoms with Crippen molar-refractivity contribution in [2.45, 2.75) is 25.4 Å². The molecule has 0 saturated heterocycles. The minimum atomic E-state index is -4.44. The third kappa shape index (κ3) is 2.74. The van der Waals surface area contributed by atoms with E-state index in [9.17, 15) is 18.0 Å². The molecule has 1 rings (SSSR count). The summed E-state index contributed by atoms with van der Waals surface area (Å²) in [5.41, 5.74) is -0.630. The molecule has 0 aliphatic rings. The number of carboxylic acids is 1. The lowest BCUT2D eigenvalue weighted by Crippen LogP contribution is -2.12. The fraction of sp³-hybridized carbons (Fsp3) is 0.364. The second-order valence-electron chi connectivity index (χ2n) is 3.42. The summed E-state index contributed by atoms with van der Waals surface area (Å²) in [4.78, 5) is 10.8. The largest absolute Gasteiger partial charge is 0.481 e. The molecule has 88 valence electrons. The van der Waals surface area contributed by atoms with E-state index in [1.54, 1.807) is 6.92 Å². The Balaban J connectivity index is 3.11. The van der Waals surface area contributed by atoms with Crippen LogP contribution in [0.3, 0.4) is 0 Å². The van der Waals surface area contributed by atoms with Gasteiger partial charge in [-0.2, -0.15) is 13.2 Å². The number of benzene rings is 1. The fourth-order valence-corrected chi connectivity index (χ4v) is 1.48. The predicted molar refractivity (Wildman–Crippen MR) is 52.1 cm³/mol. The molecule has 0 aliphatic carbocycles. The van der Waals surface area contributed by atoms with Gasteiger partial charge in [0.25, 0.3) is 0 Å². The van der Waals surface area contributed by atoms with Crippen LogP contribution in [0.15, 0.2) is 24.3 Å². The third-order valence-electron chi connectivity index (χ3n) is 2.32. The highest BCUT2D eigenvalue weighted by Gasteiger charge is 2.31. The number of alkyl halides is 3. The average Bonchev–Trinajstić information content (AvgIpc) is 2.17. The highest BCUT2D eigenvalue weighted by atomic mass is 19.4. The molecule has 0 unspecified atom stereocenters. The highest BCUT2D eigenvalue weighted by molar-refractivity contribution is 5.76. The van der Waals surface area contributed by atoms with E-state index in [1.807, 2.05) is 0 Å². The van der Waals surface area contributed by atoms with Crippen molar-refractivity contribution in [2.24, 2.45) is 0 Å². The molecule has 0 heterocycles. The molecule has 0 bridgehead atoms. The molecule has 1 aromatic rings. The highest BCUT2D eigenvalue weighted by Crippen LogP contribution is 2.31. The summed E-state index contributed by atoms with van der Waals surface area (Å²) in [5.74, 6) is -2.00. The Morgan fingerprint density at radius 1 is 1.44 bits per heavy atom. The van der Waals surface area contributed by atoms with Crippen LogP contribution >= 0.6 is 0 Å². The molecule has 0 aromatic heterocycles. The first-order valence-electron chi connectivity index (χ1n) is 4.76. The quantitative estimate of drug-likeness (QED) is 0.868. The summed E-state index contributed by atoms with van der Waals surface area (Å²) >= 11 is 0. The Hall–Kier alpha value is -1.52. The number of aliphatic carboxylic acids is 1. The summed E-state index contributed by atoms with van der Waals surface area (Å²) < 4.78 is 37.2. The number of hydrogen-bond acceptors (Lipinski definition) is 1. The monoisotopic (exact) mass is 232 g/mol. The normalized spacial score (nSPS) is 13.5. The second kappa shape index (κ2) is 4.55. The van der Waals surface area contributed by atoms with Gasteiger partial charge < -0.3 is 5.11 Å². The summed E-state index contributed by atoms with van der Waals surface area (Å²) in [6, 6.07) is 4.45. The Morgan fingerprint density at radius 2 is 2.06 bits per heavy atom. The van der Waals surface area contributed by atoms with E-state index in [2.05, 4.69) is 0 Å². The van der Waals surface area contributed by atoms with Crippen molar-refractivity contribution in [3.8, 4) is 0 Å². The molecule has 16 heavy (non-hydrogen) atoms. The summed E-state index contributed by atoms with van der Waals surface area (Å²) in [7, 11) is 0. The van der Waals surface area contributed by atoms with Crippen LogP contribution in [0, 0.1) is 0 Å². The molecule has 0 amide bonds. The zero-order valence-corrected chi connectivity index (χ0v) is 8.58. The van der Waals surface area contributed by atoms with Gasteiger partial charge in [-0.1, -0.05) is 25.1 Å². The van der Waals surface area contributed by atoms with Crippen LogP contribution in [0.5, 0.6) is 0 Å². The summed E-state index contributed by atoms with van der Waals surface area (Å²) in [6.07, 6.45) is -4.18. The van der Waals surface area contributed by atoms with E-state index >= 15 is 0 Å². The van der Waals surface area contributed by atoms with Crippen LogP contribution in [0.1, 0.15) is 30.4 Å². The number of halogens is 3. The van der Waals surface area contributed by atoms with Gasteiger partial charge >= 0.3 is 12.1 Å². The Bertz CT molecular complexity index is 385. The van der Waals surface area contributed by atoms with Gasteiger partial charge in [0, 0.05) is 0 Å².